The molecular weight excluding hydrogens is 338 g/mol. The molecule has 0 aliphatic carbocycles. The monoisotopic (exact) mass is 365 g/mol. The van der Waals surface area contributed by atoms with Gasteiger partial charge in [-0.05, 0) is 53.6 Å². The second kappa shape index (κ2) is 6.68. The van der Waals surface area contributed by atoms with Gasteiger partial charge in [0.25, 0.3) is 0 Å². The summed E-state index contributed by atoms with van der Waals surface area (Å²) in [6.07, 6.45) is 3.06. The first-order valence-electron chi connectivity index (χ1n) is 9.42. The second-order valence-corrected chi connectivity index (χ2v) is 7.64. The van der Waals surface area contributed by atoms with Crippen molar-refractivity contribution in [2.24, 2.45) is 0 Å². The molecule has 1 atom stereocenters. The summed E-state index contributed by atoms with van der Waals surface area (Å²) in [5.74, 6) is 1.58. The van der Waals surface area contributed by atoms with Crippen LogP contribution in [0.3, 0.4) is 0 Å². The van der Waals surface area contributed by atoms with Gasteiger partial charge in [-0.2, -0.15) is 0 Å². The maximum Gasteiger partial charge on any atom is 0.308 e. The van der Waals surface area contributed by atoms with Crippen LogP contribution in [0.25, 0.3) is 0 Å². The van der Waals surface area contributed by atoms with E-state index < -0.39 is 0 Å². The molecule has 2 aromatic carbocycles. The molecule has 0 amide bonds. The van der Waals surface area contributed by atoms with E-state index in [1.807, 2.05) is 6.92 Å². The maximum atomic E-state index is 11.6. The summed E-state index contributed by atoms with van der Waals surface area (Å²) in [5, 5.41) is 0. The average Bonchev–Trinajstić information content (AvgIpc) is 3.08. The maximum absolute atomic E-state index is 11.6. The van der Waals surface area contributed by atoms with Crippen molar-refractivity contribution < 1.29 is 14.3 Å². The third-order valence-corrected chi connectivity index (χ3v) is 5.99. The molecule has 3 heterocycles. The molecule has 0 spiro atoms. The van der Waals surface area contributed by atoms with Crippen molar-refractivity contribution in [3.05, 3.63) is 57.6 Å². The molecule has 4 heteroatoms. The van der Waals surface area contributed by atoms with Gasteiger partial charge in [0.15, 0.2) is 0 Å². The smallest absolute Gasteiger partial charge is 0.308 e. The molecule has 0 saturated carbocycles. The number of benzene rings is 2. The minimum absolute atomic E-state index is 0. The molecular formula is C23H27NO3. The molecule has 0 bridgehead atoms. The zero-order valence-electron chi connectivity index (χ0n) is 15.3. The van der Waals surface area contributed by atoms with Crippen molar-refractivity contribution in [3.63, 3.8) is 0 Å². The van der Waals surface area contributed by atoms with E-state index in [9.17, 15) is 4.79 Å². The minimum Gasteiger partial charge on any atom is -0.493 e. The summed E-state index contributed by atoms with van der Waals surface area (Å²) in [6.45, 7) is 6.17. The first-order valence-corrected chi connectivity index (χ1v) is 9.42. The number of rotatable bonds is 1. The van der Waals surface area contributed by atoms with E-state index in [-0.39, 0.29) is 13.4 Å². The van der Waals surface area contributed by atoms with E-state index >= 15 is 0 Å². The molecule has 27 heavy (non-hydrogen) atoms. The Hall–Kier alpha value is -2.33. The van der Waals surface area contributed by atoms with Gasteiger partial charge in [0.2, 0.25) is 0 Å². The van der Waals surface area contributed by atoms with Gasteiger partial charge < -0.3 is 9.47 Å². The van der Waals surface area contributed by atoms with Gasteiger partial charge >= 0.3 is 5.97 Å². The van der Waals surface area contributed by atoms with Crippen LogP contribution in [0.5, 0.6) is 11.5 Å². The van der Waals surface area contributed by atoms with Crippen LogP contribution in [0, 0.1) is 6.92 Å². The highest BCUT2D eigenvalue weighted by atomic mass is 16.5. The predicted molar refractivity (Wildman–Crippen MR) is 105 cm³/mol. The highest BCUT2D eigenvalue weighted by Crippen LogP contribution is 2.43. The van der Waals surface area contributed by atoms with Crippen molar-refractivity contribution in [2.75, 3.05) is 13.2 Å². The summed E-state index contributed by atoms with van der Waals surface area (Å²) < 4.78 is 11.4. The highest BCUT2D eigenvalue weighted by Gasteiger charge is 2.35. The van der Waals surface area contributed by atoms with Crippen molar-refractivity contribution in [1.29, 1.82) is 0 Å². The number of fused-ring (bicyclic) bond motifs is 5. The van der Waals surface area contributed by atoms with Crippen LogP contribution >= 0.6 is 0 Å². The SMILES string of the molecule is C.CC(=O)Oc1c(C)ccc2c1CN1CCc3cc4c(cc3C1C2)OCC4. The lowest BCUT2D eigenvalue weighted by molar-refractivity contribution is -0.132. The molecule has 0 radical (unpaired) electrons. The van der Waals surface area contributed by atoms with Gasteiger partial charge in [-0.15, -0.1) is 0 Å². The van der Waals surface area contributed by atoms with Crippen molar-refractivity contribution >= 4 is 5.97 Å². The third-order valence-electron chi connectivity index (χ3n) is 5.99. The van der Waals surface area contributed by atoms with Crippen LogP contribution in [0.4, 0.5) is 0 Å². The fourth-order valence-corrected chi connectivity index (χ4v) is 4.71. The molecule has 3 aliphatic rings. The van der Waals surface area contributed by atoms with E-state index in [2.05, 4.69) is 29.2 Å². The van der Waals surface area contributed by atoms with Gasteiger partial charge in [0.1, 0.15) is 11.5 Å². The molecule has 3 aliphatic heterocycles. The van der Waals surface area contributed by atoms with E-state index in [1.54, 1.807) is 0 Å². The Morgan fingerprint density at radius 3 is 2.85 bits per heavy atom. The molecule has 5 rings (SSSR count). The Balaban J connectivity index is 0.00000180. The molecule has 0 N–H and O–H groups in total. The number of esters is 1. The minimum atomic E-state index is -0.250. The summed E-state index contributed by atoms with van der Waals surface area (Å²) in [4.78, 5) is 14.1. The van der Waals surface area contributed by atoms with Gasteiger partial charge in [0, 0.05) is 38.0 Å². The topological polar surface area (TPSA) is 38.8 Å². The van der Waals surface area contributed by atoms with Crippen LogP contribution in [0.1, 0.15) is 53.8 Å². The fourth-order valence-electron chi connectivity index (χ4n) is 4.71. The number of carbonyl (C=O) groups excluding carboxylic acids is 1. The number of carbonyl (C=O) groups is 1. The van der Waals surface area contributed by atoms with Gasteiger partial charge in [-0.3, -0.25) is 9.69 Å². The first kappa shape index (κ1) is 18.1. The van der Waals surface area contributed by atoms with E-state index in [0.29, 0.717) is 6.04 Å². The van der Waals surface area contributed by atoms with Crippen molar-refractivity contribution in [1.82, 2.24) is 4.90 Å². The molecule has 0 aromatic heterocycles. The zero-order chi connectivity index (χ0) is 17.8. The Labute approximate surface area is 161 Å². The summed E-state index contributed by atoms with van der Waals surface area (Å²) in [6, 6.07) is 9.30. The zero-order valence-corrected chi connectivity index (χ0v) is 15.3. The Bertz CT molecular complexity index is 918. The Morgan fingerprint density at radius 1 is 1.19 bits per heavy atom. The Kier molecular flexibility index (Phi) is 4.47. The standard InChI is InChI=1S/C22H23NO3.CH4/c1-13-3-4-15-10-20-18-11-21-17(6-8-25-21)9-16(18)5-7-23(20)12-19(15)22(13)26-14(2)24;/h3-4,9,11,20H,5-8,10,12H2,1-2H3;1H4. The summed E-state index contributed by atoms with van der Waals surface area (Å²) in [7, 11) is 0. The quantitative estimate of drug-likeness (QED) is 0.562. The van der Waals surface area contributed by atoms with E-state index in [1.165, 1.54) is 34.7 Å². The second-order valence-electron chi connectivity index (χ2n) is 7.64. The highest BCUT2D eigenvalue weighted by molar-refractivity contribution is 5.71. The van der Waals surface area contributed by atoms with Crippen LogP contribution in [-0.2, 0) is 30.6 Å². The molecule has 0 fully saturated rings. The lowest BCUT2D eigenvalue weighted by Crippen LogP contribution is -2.39. The number of nitrogens with zero attached hydrogens (tertiary/aromatic N) is 1. The summed E-state index contributed by atoms with van der Waals surface area (Å²) in [5.41, 5.74) is 7.75. The largest absolute Gasteiger partial charge is 0.493 e. The molecule has 4 nitrogen and oxygen atoms in total. The van der Waals surface area contributed by atoms with E-state index in [4.69, 9.17) is 9.47 Å². The number of aryl methyl sites for hydroxylation is 1. The van der Waals surface area contributed by atoms with Crippen molar-refractivity contribution in [3.8, 4) is 11.5 Å². The van der Waals surface area contributed by atoms with Crippen LogP contribution in [0.2, 0.25) is 0 Å². The molecule has 142 valence electrons. The van der Waals surface area contributed by atoms with Crippen LogP contribution in [0.15, 0.2) is 24.3 Å². The van der Waals surface area contributed by atoms with Crippen LogP contribution < -0.4 is 9.47 Å². The van der Waals surface area contributed by atoms with Crippen molar-refractivity contribution in [2.45, 2.75) is 53.1 Å². The van der Waals surface area contributed by atoms with E-state index in [0.717, 1.165) is 56.0 Å². The third kappa shape index (κ3) is 2.92. The molecule has 2 aromatic rings. The lowest BCUT2D eigenvalue weighted by Gasteiger charge is -2.42. The fraction of sp³-hybridized carbons (Fsp3) is 0.435. The summed E-state index contributed by atoms with van der Waals surface area (Å²) >= 11 is 0. The predicted octanol–water partition coefficient (Wildman–Crippen LogP) is 4.15. The number of hydrogen-bond acceptors (Lipinski definition) is 4. The number of ether oxygens (including phenoxy) is 2. The Morgan fingerprint density at radius 2 is 2.04 bits per heavy atom. The lowest BCUT2D eigenvalue weighted by atomic mass is 9.82. The van der Waals surface area contributed by atoms with Gasteiger partial charge in [-0.1, -0.05) is 25.6 Å². The van der Waals surface area contributed by atoms with Gasteiger partial charge in [0.05, 0.1) is 6.61 Å². The molecule has 0 saturated heterocycles. The average molecular weight is 365 g/mol. The number of hydrogen-bond donors (Lipinski definition) is 0. The normalized spacial score (nSPS) is 19.7. The van der Waals surface area contributed by atoms with Crippen LogP contribution in [-0.4, -0.2) is 24.0 Å². The molecule has 1 unspecified atom stereocenters. The van der Waals surface area contributed by atoms with Gasteiger partial charge in [-0.25, -0.2) is 0 Å². The first-order chi connectivity index (χ1) is 12.6.